The average Bonchev–Trinajstić information content (AvgIpc) is 2.79. The van der Waals surface area contributed by atoms with Gasteiger partial charge in [-0.25, -0.2) is 0 Å². The fourth-order valence-corrected chi connectivity index (χ4v) is 4.85. The maximum atomic E-state index is 2.50. The number of fused-ring (bicyclic) bond motifs is 1. The zero-order chi connectivity index (χ0) is 8.72. The first-order valence-electron chi connectivity index (χ1n) is 5.57. The number of rotatable bonds is 1. The van der Waals surface area contributed by atoms with Crippen LogP contribution in [0.3, 0.4) is 0 Å². The van der Waals surface area contributed by atoms with Crippen molar-refractivity contribution in [2.45, 2.75) is 40.5 Å². The van der Waals surface area contributed by atoms with Gasteiger partial charge in [-0.05, 0) is 47.3 Å². The van der Waals surface area contributed by atoms with E-state index in [1.165, 1.54) is 0 Å². The largest absolute Gasteiger partial charge is 0.0622 e. The second-order valence-electron chi connectivity index (χ2n) is 5.97. The van der Waals surface area contributed by atoms with Crippen LogP contribution in [-0.2, 0) is 0 Å². The zero-order valence-corrected chi connectivity index (χ0v) is 8.72. The molecular weight excluding hydrogens is 144 g/mol. The Morgan fingerprint density at radius 3 is 2.33 bits per heavy atom. The molecule has 0 amide bonds. The van der Waals surface area contributed by atoms with Crippen LogP contribution in [0.4, 0.5) is 0 Å². The lowest BCUT2D eigenvalue weighted by Gasteiger charge is -2.17. The third-order valence-corrected chi connectivity index (χ3v) is 5.79. The van der Waals surface area contributed by atoms with Gasteiger partial charge in [0, 0.05) is 0 Å². The smallest absolute Gasteiger partial charge is 0.0168 e. The van der Waals surface area contributed by atoms with E-state index < -0.39 is 0 Å². The van der Waals surface area contributed by atoms with Gasteiger partial charge in [0.2, 0.25) is 0 Å². The molecule has 3 saturated carbocycles. The Balaban J connectivity index is 1.90. The van der Waals surface area contributed by atoms with Gasteiger partial charge in [-0.1, -0.05) is 27.7 Å². The second-order valence-corrected chi connectivity index (χ2v) is 5.97. The molecule has 68 valence electrons. The Bertz CT molecular complexity index is 242. The molecule has 0 heteroatoms. The van der Waals surface area contributed by atoms with Gasteiger partial charge < -0.3 is 0 Å². The van der Waals surface area contributed by atoms with Crippen LogP contribution in [0.1, 0.15) is 40.5 Å². The van der Waals surface area contributed by atoms with Crippen LogP contribution in [0.15, 0.2) is 0 Å². The minimum Gasteiger partial charge on any atom is -0.0622 e. The Hall–Kier alpha value is 0. The highest BCUT2D eigenvalue weighted by Crippen LogP contribution is 2.99. The van der Waals surface area contributed by atoms with E-state index in [2.05, 4.69) is 27.7 Å². The van der Waals surface area contributed by atoms with Crippen molar-refractivity contribution < 1.29 is 0 Å². The molecular formula is C12H20. The van der Waals surface area contributed by atoms with Gasteiger partial charge in [0.05, 0.1) is 0 Å². The number of hydrogen-bond donors (Lipinski definition) is 0. The lowest BCUT2D eigenvalue weighted by atomic mass is 9.88. The summed E-state index contributed by atoms with van der Waals surface area (Å²) in [7, 11) is 0. The number of hydrogen-bond acceptors (Lipinski definition) is 0. The zero-order valence-electron chi connectivity index (χ0n) is 8.72. The maximum Gasteiger partial charge on any atom is -0.0168 e. The van der Waals surface area contributed by atoms with Crippen LogP contribution in [0, 0.1) is 34.5 Å². The third-order valence-electron chi connectivity index (χ3n) is 5.79. The summed E-state index contributed by atoms with van der Waals surface area (Å²) >= 11 is 0. The minimum atomic E-state index is 0.860. The molecule has 0 saturated heterocycles. The maximum absolute atomic E-state index is 2.50. The van der Waals surface area contributed by atoms with Crippen LogP contribution in [-0.4, -0.2) is 0 Å². The fraction of sp³-hybridized carbons (Fsp3) is 1.00. The molecule has 0 aromatic carbocycles. The van der Waals surface area contributed by atoms with E-state index in [0.29, 0.717) is 0 Å². The van der Waals surface area contributed by atoms with E-state index in [9.17, 15) is 0 Å². The van der Waals surface area contributed by atoms with Crippen molar-refractivity contribution in [1.82, 2.24) is 0 Å². The Morgan fingerprint density at radius 2 is 1.92 bits per heavy atom. The SMILES string of the molecule is CC1CC2C3(C(C)C)CC23C1C. The van der Waals surface area contributed by atoms with Gasteiger partial charge in [-0.2, -0.15) is 0 Å². The van der Waals surface area contributed by atoms with Gasteiger partial charge in [0.15, 0.2) is 0 Å². The molecule has 0 aromatic rings. The predicted molar refractivity (Wildman–Crippen MR) is 50.8 cm³/mol. The van der Waals surface area contributed by atoms with Crippen molar-refractivity contribution >= 4 is 0 Å². The molecule has 0 heterocycles. The average molecular weight is 164 g/mol. The molecule has 5 unspecified atom stereocenters. The summed E-state index contributed by atoms with van der Waals surface area (Å²) in [6.45, 7) is 9.83. The van der Waals surface area contributed by atoms with Gasteiger partial charge in [0.25, 0.3) is 0 Å². The first-order valence-corrected chi connectivity index (χ1v) is 5.57. The van der Waals surface area contributed by atoms with Gasteiger partial charge >= 0.3 is 0 Å². The first-order chi connectivity index (χ1) is 5.57. The molecule has 0 N–H and O–H groups in total. The first kappa shape index (κ1) is 7.41. The van der Waals surface area contributed by atoms with E-state index in [1.807, 2.05) is 0 Å². The van der Waals surface area contributed by atoms with E-state index in [0.717, 1.165) is 34.5 Å². The third kappa shape index (κ3) is 0.438. The van der Waals surface area contributed by atoms with Gasteiger partial charge in [-0.15, -0.1) is 0 Å². The Kier molecular flexibility index (Phi) is 1.00. The topological polar surface area (TPSA) is 0 Å². The highest BCUT2D eigenvalue weighted by atomic mass is 15.0. The molecule has 1 spiro atoms. The van der Waals surface area contributed by atoms with Crippen LogP contribution < -0.4 is 0 Å². The molecule has 0 aromatic heterocycles. The van der Waals surface area contributed by atoms with Crippen LogP contribution in [0.5, 0.6) is 0 Å². The highest BCUT2D eigenvalue weighted by Gasteiger charge is 2.94. The highest BCUT2D eigenvalue weighted by molar-refractivity contribution is 5.41. The Labute approximate surface area is 75.7 Å². The van der Waals surface area contributed by atoms with Crippen molar-refractivity contribution in [2.75, 3.05) is 0 Å². The summed E-state index contributed by atoms with van der Waals surface area (Å²) in [5, 5.41) is 0. The molecule has 0 aliphatic heterocycles. The summed E-state index contributed by atoms with van der Waals surface area (Å²) < 4.78 is 0. The standard InChI is InChI=1S/C12H20/c1-7(2)11-6-12(11)9(4)8(3)5-10(11)12/h7-10H,5-6H2,1-4H3. The molecule has 3 rings (SSSR count). The van der Waals surface area contributed by atoms with Crippen LogP contribution in [0.25, 0.3) is 0 Å². The van der Waals surface area contributed by atoms with Crippen LogP contribution >= 0.6 is 0 Å². The minimum absolute atomic E-state index is 0.860. The van der Waals surface area contributed by atoms with E-state index in [1.54, 1.807) is 12.8 Å². The van der Waals surface area contributed by atoms with Gasteiger partial charge in [-0.3, -0.25) is 0 Å². The molecule has 3 aliphatic rings. The van der Waals surface area contributed by atoms with Crippen molar-refractivity contribution in [3.63, 3.8) is 0 Å². The summed E-state index contributed by atoms with van der Waals surface area (Å²) in [5.41, 5.74) is 1.74. The van der Waals surface area contributed by atoms with Gasteiger partial charge in [0.1, 0.15) is 0 Å². The molecule has 0 nitrogen and oxygen atoms in total. The van der Waals surface area contributed by atoms with E-state index in [-0.39, 0.29) is 0 Å². The molecule has 3 fully saturated rings. The molecule has 0 bridgehead atoms. The molecule has 3 aliphatic carbocycles. The quantitative estimate of drug-likeness (QED) is 0.557. The van der Waals surface area contributed by atoms with Crippen molar-refractivity contribution in [3.8, 4) is 0 Å². The molecule has 12 heavy (non-hydrogen) atoms. The van der Waals surface area contributed by atoms with Crippen molar-refractivity contribution in [1.29, 1.82) is 0 Å². The normalized spacial score (nSPS) is 66.2. The fourth-order valence-electron chi connectivity index (χ4n) is 4.85. The van der Waals surface area contributed by atoms with Crippen molar-refractivity contribution in [3.05, 3.63) is 0 Å². The predicted octanol–water partition coefficient (Wildman–Crippen LogP) is 3.32. The van der Waals surface area contributed by atoms with Crippen LogP contribution in [0.2, 0.25) is 0 Å². The lowest BCUT2D eigenvalue weighted by molar-refractivity contribution is 0.316. The lowest BCUT2D eigenvalue weighted by Crippen LogP contribution is -2.10. The monoisotopic (exact) mass is 164 g/mol. The van der Waals surface area contributed by atoms with Crippen molar-refractivity contribution in [2.24, 2.45) is 34.5 Å². The summed E-state index contributed by atoms with van der Waals surface area (Å²) in [6, 6.07) is 0. The van der Waals surface area contributed by atoms with E-state index in [4.69, 9.17) is 0 Å². The Morgan fingerprint density at radius 1 is 1.25 bits per heavy atom. The second kappa shape index (κ2) is 1.63. The summed E-state index contributed by atoms with van der Waals surface area (Å²) in [6.07, 6.45) is 3.12. The molecule has 0 radical (unpaired) electrons. The summed E-state index contributed by atoms with van der Waals surface area (Å²) in [4.78, 5) is 0. The molecule has 5 atom stereocenters. The van der Waals surface area contributed by atoms with E-state index >= 15 is 0 Å². The summed E-state index contributed by atoms with van der Waals surface area (Å²) in [5.74, 6) is 4.15.